The maximum Gasteiger partial charge on any atom is 0.271 e. The van der Waals surface area contributed by atoms with Crippen LogP contribution in [0.3, 0.4) is 0 Å². The van der Waals surface area contributed by atoms with Crippen LogP contribution in [-0.2, 0) is 6.54 Å². The van der Waals surface area contributed by atoms with E-state index >= 15 is 0 Å². The second-order valence-corrected chi connectivity index (χ2v) is 6.05. The fraction of sp³-hybridized carbons (Fsp3) is 0.250. The quantitative estimate of drug-likeness (QED) is 0.637. The van der Waals surface area contributed by atoms with E-state index in [2.05, 4.69) is 6.58 Å². The number of nitrogens with zero attached hydrogens (tertiary/aromatic N) is 2. The van der Waals surface area contributed by atoms with Gasteiger partial charge in [-0.2, -0.15) is 5.26 Å². The molecule has 0 aliphatic carbocycles. The maximum absolute atomic E-state index is 12.6. The number of aromatic nitrogens is 1. The molecule has 0 spiro atoms. The second kappa shape index (κ2) is 7.70. The summed E-state index contributed by atoms with van der Waals surface area (Å²) in [6.45, 7) is 8.48. The van der Waals surface area contributed by atoms with Crippen LogP contribution in [0.15, 0.2) is 35.6 Å². The van der Waals surface area contributed by atoms with Gasteiger partial charge in [0.2, 0.25) is 11.7 Å². The lowest BCUT2D eigenvalue weighted by molar-refractivity contribution is 0.0916. The third kappa shape index (κ3) is 3.67. The molecule has 0 atom stereocenters. The van der Waals surface area contributed by atoms with E-state index in [1.165, 1.54) is 13.0 Å². The van der Waals surface area contributed by atoms with Gasteiger partial charge in [0.1, 0.15) is 17.4 Å². The minimum absolute atomic E-state index is 0.0160. The van der Waals surface area contributed by atoms with Crippen molar-refractivity contribution in [2.24, 2.45) is 0 Å². The average Bonchev–Trinajstić information content (AvgIpc) is 2.56. The molecule has 134 valence electrons. The maximum atomic E-state index is 12.6. The summed E-state index contributed by atoms with van der Waals surface area (Å²) < 4.78 is 6.49. The third-order valence-electron chi connectivity index (χ3n) is 3.96. The highest BCUT2D eigenvalue weighted by Crippen LogP contribution is 2.23. The van der Waals surface area contributed by atoms with Gasteiger partial charge in [0.05, 0.1) is 5.56 Å². The number of aromatic hydroxyl groups is 1. The van der Waals surface area contributed by atoms with Crippen molar-refractivity contribution in [1.82, 2.24) is 4.57 Å². The van der Waals surface area contributed by atoms with Gasteiger partial charge in [0, 0.05) is 6.54 Å². The number of benzene rings is 1. The summed E-state index contributed by atoms with van der Waals surface area (Å²) in [6, 6.07) is 7.38. The van der Waals surface area contributed by atoms with Crippen LogP contribution in [0, 0.1) is 32.1 Å². The van der Waals surface area contributed by atoms with E-state index in [1.807, 2.05) is 19.9 Å². The zero-order chi connectivity index (χ0) is 19.4. The minimum Gasteiger partial charge on any atom is -0.494 e. The van der Waals surface area contributed by atoms with E-state index in [-0.39, 0.29) is 29.8 Å². The molecule has 0 aliphatic rings. The summed E-state index contributed by atoms with van der Waals surface area (Å²) in [6.07, 6.45) is 1.40. The molecule has 0 amide bonds. The number of hydrogen-bond donors (Lipinski definition) is 1. The van der Waals surface area contributed by atoms with Crippen molar-refractivity contribution in [3.63, 3.8) is 0 Å². The summed E-state index contributed by atoms with van der Waals surface area (Å²) >= 11 is 0. The minimum atomic E-state index is -0.658. The Labute approximate surface area is 151 Å². The number of carbonyl (C=O) groups excluding carboxylic acids is 1. The highest BCUT2D eigenvalue weighted by Gasteiger charge is 2.23. The zero-order valence-electron chi connectivity index (χ0n) is 15.0. The van der Waals surface area contributed by atoms with Gasteiger partial charge in [-0.05, 0) is 49.6 Å². The van der Waals surface area contributed by atoms with Crippen LogP contribution in [-0.4, -0.2) is 22.1 Å². The fourth-order valence-corrected chi connectivity index (χ4v) is 2.82. The number of allylic oxidation sites excluding steroid dienone is 1. The van der Waals surface area contributed by atoms with Crippen LogP contribution in [0.1, 0.15) is 32.6 Å². The average molecular weight is 352 g/mol. The molecular weight excluding hydrogens is 332 g/mol. The summed E-state index contributed by atoms with van der Waals surface area (Å²) in [5, 5.41) is 19.6. The molecule has 0 saturated heterocycles. The van der Waals surface area contributed by atoms with Gasteiger partial charge in [0.25, 0.3) is 5.56 Å². The Kier molecular flexibility index (Phi) is 5.63. The van der Waals surface area contributed by atoms with Crippen LogP contribution < -0.4 is 10.3 Å². The molecule has 0 fully saturated rings. The predicted molar refractivity (Wildman–Crippen MR) is 97.8 cm³/mol. The Morgan fingerprint density at radius 1 is 1.31 bits per heavy atom. The zero-order valence-corrected chi connectivity index (χ0v) is 15.0. The molecule has 1 aromatic heterocycles. The molecule has 1 aromatic carbocycles. The van der Waals surface area contributed by atoms with Gasteiger partial charge in [-0.1, -0.05) is 12.1 Å². The van der Waals surface area contributed by atoms with E-state index < -0.39 is 17.2 Å². The first-order chi connectivity index (χ1) is 12.3. The van der Waals surface area contributed by atoms with E-state index in [0.717, 1.165) is 15.7 Å². The summed E-state index contributed by atoms with van der Waals surface area (Å²) in [5.74, 6) is -0.471. The van der Waals surface area contributed by atoms with Crippen molar-refractivity contribution >= 4 is 5.78 Å². The van der Waals surface area contributed by atoms with Gasteiger partial charge in [-0.3, -0.25) is 14.2 Å². The highest BCUT2D eigenvalue weighted by molar-refractivity contribution is 6.01. The molecule has 0 saturated carbocycles. The van der Waals surface area contributed by atoms with Crippen molar-refractivity contribution in [3.05, 3.63) is 69.0 Å². The lowest BCUT2D eigenvalue weighted by atomic mass is 10.0. The number of pyridine rings is 1. The molecule has 2 rings (SSSR count). The molecule has 26 heavy (non-hydrogen) atoms. The summed E-state index contributed by atoms with van der Waals surface area (Å²) in [4.78, 5) is 24.9. The number of aryl methyl sites for hydroxylation is 2. The largest absolute Gasteiger partial charge is 0.494 e. The second-order valence-electron chi connectivity index (χ2n) is 6.05. The summed E-state index contributed by atoms with van der Waals surface area (Å²) in [5.41, 5.74) is 1.21. The Bertz CT molecular complexity index is 961. The predicted octanol–water partition coefficient (Wildman–Crippen LogP) is 2.80. The Morgan fingerprint density at radius 2 is 1.92 bits per heavy atom. The normalized spacial score (nSPS) is 10.2. The number of rotatable bonds is 6. The molecule has 0 aliphatic heterocycles. The van der Waals surface area contributed by atoms with Gasteiger partial charge >= 0.3 is 0 Å². The number of ketones is 1. The van der Waals surface area contributed by atoms with Gasteiger partial charge in [-0.15, -0.1) is 6.58 Å². The fourth-order valence-electron chi connectivity index (χ4n) is 2.82. The Morgan fingerprint density at radius 3 is 2.46 bits per heavy atom. The van der Waals surface area contributed by atoms with Gasteiger partial charge in [0.15, 0.2) is 6.61 Å². The molecule has 0 bridgehead atoms. The Hall–Kier alpha value is -3.33. The lowest BCUT2D eigenvalue weighted by Crippen LogP contribution is -2.27. The molecule has 0 unspecified atom stereocenters. The third-order valence-corrected chi connectivity index (χ3v) is 3.96. The highest BCUT2D eigenvalue weighted by atomic mass is 16.5. The van der Waals surface area contributed by atoms with Crippen molar-refractivity contribution < 1.29 is 14.6 Å². The molecular formula is C20H20N2O4. The number of hydrogen-bond acceptors (Lipinski definition) is 5. The number of ether oxygens (including phenoxy) is 1. The van der Waals surface area contributed by atoms with Crippen molar-refractivity contribution in [1.29, 1.82) is 5.26 Å². The van der Waals surface area contributed by atoms with Crippen molar-refractivity contribution in [2.45, 2.75) is 27.3 Å². The first-order valence-corrected chi connectivity index (χ1v) is 8.01. The topological polar surface area (TPSA) is 92.3 Å². The lowest BCUT2D eigenvalue weighted by Gasteiger charge is -2.15. The van der Waals surface area contributed by atoms with Crippen LogP contribution in [0.2, 0.25) is 0 Å². The van der Waals surface area contributed by atoms with Gasteiger partial charge < -0.3 is 9.84 Å². The van der Waals surface area contributed by atoms with E-state index in [0.29, 0.717) is 5.75 Å². The van der Waals surface area contributed by atoms with Crippen LogP contribution in [0.4, 0.5) is 0 Å². The van der Waals surface area contributed by atoms with E-state index in [1.54, 1.807) is 18.2 Å². The standard InChI is InChI=1S/C20H20N2O4/c1-5-6-22-19(24)16(10-21)14(4)18(20(22)25)17(23)11-26-15-8-12(2)7-13(3)9-15/h5,7-9,25H,1,6,11H2,2-4H3. The molecule has 6 nitrogen and oxygen atoms in total. The van der Waals surface area contributed by atoms with Gasteiger partial charge in [-0.25, -0.2) is 0 Å². The molecule has 1 heterocycles. The number of nitriles is 1. The SMILES string of the molecule is C=CCn1c(O)c(C(=O)COc2cc(C)cc(C)c2)c(C)c(C#N)c1=O. The summed E-state index contributed by atoms with van der Waals surface area (Å²) in [7, 11) is 0. The monoisotopic (exact) mass is 352 g/mol. The molecule has 2 aromatic rings. The van der Waals surface area contributed by atoms with Crippen LogP contribution in [0.25, 0.3) is 0 Å². The number of Topliss-reactive ketones (excluding diaryl/α,β-unsaturated/α-hetero) is 1. The molecule has 0 radical (unpaired) electrons. The van der Waals surface area contributed by atoms with Crippen LogP contribution in [0.5, 0.6) is 11.6 Å². The number of carbonyl (C=O) groups is 1. The first-order valence-electron chi connectivity index (χ1n) is 8.01. The van der Waals surface area contributed by atoms with Crippen LogP contribution >= 0.6 is 0 Å². The molecule has 1 N–H and O–H groups in total. The van der Waals surface area contributed by atoms with E-state index in [4.69, 9.17) is 4.74 Å². The van der Waals surface area contributed by atoms with Crippen molar-refractivity contribution in [3.8, 4) is 17.7 Å². The molecule has 6 heteroatoms. The van der Waals surface area contributed by atoms with E-state index in [9.17, 15) is 20.0 Å². The Balaban J connectivity index is 2.42. The van der Waals surface area contributed by atoms with Crippen molar-refractivity contribution in [2.75, 3.05) is 6.61 Å². The first kappa shape index (κ1) is 19.0. The smallest absolute Gasteiger partial charge is 0.271 e.